The summed E-state index contributed by atoms with van der Waals surface area (Å²) in [4.78, 5) is 26.6. The number of aromatic nitrogens is 1. The Morgan fingerprint density at radius 2 is 1.57 bits per heavy atom. The summed E-state index contributed by atoms with van der Waals surface area (Å²) in [5.74, 6) is -1.24. The van der Waals surface area contributed by atoms with Crippen molar-refractivity contribution in [1.82, 2.24) is 9.88 Å². The number of hydrogen-bond donors (Lipinski definition) is 3. The van der Waals surface area contributed by atoms with E-state index in [9.17, 15) is 27.9 Å². The Hall–Kier alpha value is -3.95. The zero-order valence-corrected chi connectivity index (χ0v) is 25.1. The molecule has 6 nitrogen and oxygen atoms in total. The highest BCUT2D eigenvalue weighted by Crippen LogP contribution is 2.33. The Morgan fingerprint density at radius 3 is 2.20 bits per heavy atom. The molecule has 0 spiro atoms. The number of primary amides is 1. The summed E-state index contributed by atoms with van der Waals surface area (Å²) in [5, 5.41) is 15.7. The molecule has 2 atom stereocenters. The molecule has 234 valence electrons. The molecule has 1 aromatic heterocycles. The lowest BCUT2D eigenvalue weighted by atomic mass is 9.87. The zero-order chi connectivity index (χ0) is 31.9. The van der Waals surface area contributed by atoms with Crippen molar-refractivity contribution in [2.45, 2.75) is 76.7 Å². The van der Waals surface area contributed by atoms with Crippen LogP contribution in [-0.2, 0) is 19.1 Å². The predicted molar refractivity (Wildman–Crippen MR) is 168 cm³/mol. The first-order chi connectivity index (χ1) is 21.0. The maximum Gasteiger partial charge on any atom is 0.416 e. The molecule has 1 amide bonds. The van der Waals surface area contributed by atoms with Crippen LogP contribution >= 0.6 is 0 Å². The molecule has 9 heteroatoms. The molecule has 0 bridgehead atoms. The minimum absolute atomic E-state index is 0.0592. The van der Waals surface area contributed by atoms with E-state index >= 15 is 0 Å². The number of nitrogens with one attached hydrogen (secondary N) is 1. The van der Waals surface area contributed by atoms with Crippen LogP contribution in [0.5, 0.6) is 0 Å². The van der Waals surface area contributed by atoms with Gasteiger partial charge in [-0.1, -0.05) is 81.3 Å². The number of nitrogens with two attached hydrogens (primary N) is 1. The third-order valence-electron chi connectivity index (χ3n) is 8.08. The first kappa shape index (κ1) is 33.0. The average Bonchev–Trinajstić information content (AvgIpc) is 2.99. The number of fused-ring (bicyclic) bond motifs is 1. The zero-order valence-electron chi connectivity index (χ0n) is 25.1. The third-order valence-corrected chi connectivity index (χ3v) is 8.08. The van der Waals surface area contributed by atoms with Crippen LogP contribution in [0.15, 0.2) is 83.7 Å². The quantitative estimate of drug-likeness (QED) is 0.148. The fourth-order valence-electron chi connectivity index (χ4n) is 5.99. The van der Waals surface area contributed by atoms with Crippen LogP contribution < -0.4 is 16.6 Å². The third kappa shape index (κ3) is 7.76. The molecular formula is C35H40F3N3O3. The van der Waals surface area contributed by atoms with Crippen molar-refractivity contribution in [3.8, 4) is 0 Å². The van der Waals surface area contributed by atoms with Crippen molar-refractivity contribution in [2.24, 2.45) is 5.73 Å². The van der Waals surface area contributed by atoms with Crippen LogP contribution in [0.3, 0.4) is 0 Å². The summed E-state index contributed by atoms with van der Waals surface area (Å²) >= 11 is 0. The highest BCUT2D eigenvalue weighted by Gasteiger charge is 2.31. The number of benzene rings is 3. The highest BCUT2D eigenvalue weighted by molar-refractivity contribution is 6.06. The van der Waals surface area contributed by atoms with Crippen LogP contribution in [0.4, 0.5) is 13.2 Å². The van der Waals surface area contributed by atoms with Gasteiger partial charge in [-0.05, 0) is 54.7 Å². The number of aliphatic hydroxyl groups is 1. The molecule has 0 saturated carbocycles. The first-order valence-corrected chi connectivity index (χ1v) is 15.1. The van der Waals surface area contributed by atoms with Crippen LogP contribution in [0.1, 0.15) is 84.2 Å². The monoisotopic (exact) mass is 607 g/mol. The summed E-state index contributed by atoms with van der Waals surface area (Å²) in [7, 11) is 0. The van der Waals surface area contributed by atoms with Crippen LogP contribution in [0.25, 0.3) is 10.8 Å². The SMILES string of the molecule is CCCC(CCC)n1c(C(Cc2ccccc2)C(O)CNCc2cccc(C(F)(F)F)c2)cc2c(C(N)=O)cccc2c1=O. The predicted octanol–water partition coefficient (Wildman–Crippen LogP) is 6.74. The van der Waals surface area contributed by atoms with Gasteiger partial charge >= 0.3 is 6.18 Å². The van der Waals surface area contributed by atoms with E-state index in [2.05, 4.69) is 19.2 Å². The van der Waals surface area contributed by atoms with Gasteiger partial charge in [-0.25, -0.2) is 0 Å². The van der Waals surface area contributed by atoms with Gasteiger partial charge in [0.2, 0.25) is 5.91 Å². The number of carbonyl (C=O) groups is 1. The topological polar surface area (TPSA) is 97.3 Å². The fourth-order valence-corrected chi connectivity index (χ4v) is 5.99. The van der Waals surface area contributed by atoms with Gasteiger partial charge in [-0.3, -0.25) is 9.59 Å². The summed E-state index contributed by atoms with van der Waals surface area (Å²) in [6.07, 6.45) is -1.88. The number of halogens is 3. The van der Waals surface area contributed by atoms with Gasteiger partial charge in [-0.2, -0.15) is 13.2 Å². The lowest BCUT2D eigenvalue weighted by Gasteiger charge is -2.31. The van der Waals surface area contributed by atoms with Crippen molar-refractivity contribution < 1.29 is 23.1 Å². The van der Waals surface area contributed by atoms with Crippen molar-refractivity contribution >= 4 is 16.7 Å². The van der Waals surface area contributed by atoms with Crippen molar-refractivity contribution in [2.75, 3.05) is 6.54 Å². The van der Waals surface area contributed by atoms with Gasteiger partial charge in [0.15, 0.2) is 0 Å². The Kier molecular flexibility index (Phi) is 11.0. The largest absolute Gasteiger partial charge is 0.416 e. The minimum atomic E-state index is -4.45. The number of nitrogens with zero attached hydrogens (tertiary/aromatic N) is 1. The molecule has 1 heterocycles. The summed E-state index contributed by atoms with van der Waals surface area (Å²) < 4.78 is 41.5. The molecule has 3 aromatic carbocycles. The number of hydrogen-bond acceptors (Lipinski definition) is 4. The molecule has 44 heavy (non-hydrogen) atoms. The van der Waals surface area contributed by atoms with E-state index in [4.69, 9.17) is 5.73 Å². The number of rotatable bonds is 14. The fraction of sp³-hybridized carbons (Fsp3) is 0.371. The second-order valence-corrected chi connectivity index (χ2v) is 11.3. The molecule has 0 aliphatic heterocycles. The molecule has 0 fully saturated rings. The maximum absolute atomic E-state index is 14.2. The number of carbonyl (C=O) groups excluding carboxylic acids is 1. The first-order valence-electron chi connectivity index (χ1n) is 15.1. The van der Waals surface area contributed by atoms with Crippen LogP contribution in [-0.4, -0.2) is 28.2 Å². The van der Waals surface area contributed by atoms with Crippen molar-refractivity contribution in [3.05, 3.63) is 117 Å². The Labute approximate surface area is 255 Å². The summed E-state index contributed by atoms with van der Waals surface area (Å²) in [6.45, 7) is 4.30. The molecule has 4 rings (SSSR count). The molecule has 0 saturated heterocycles. The molecule has 0 aliphatic carbocycles. The second kappa shape index (κ2) is 14.7. The molecule has 4 aromatic rings. The highest BCUT2D eigenvalue weighted by atomic mass is 19.4. The number of amides is 1. The molecule has 0 radical (unpaired) electrons. The Bertz CT molecular complexity index is 1610. The minimum Gasteiger partial charge on any atom is -0.391 e. The normalized spacial score (nSPS) is 13.3. The smallest absolute Gasteiger partial charge is 0.391 e. The van der Waals surface area contributed by atoms with Gasteiger partial charge < -0.3 is 20.7 Å². The van der Waals surface area contributed by atoms with E-state index in [1.807, 2.05) is 36.4 Å². The molecular weight excluding hydrogens is 567 g/mol. The maximum atomic E-state index is 14.2. The van der Waals surface area contributed by atoms with Gasteiger partial charge in [0.05, 0.1) is 11.7 Å². The average molecular weight is 608 g/mol. The Balaban J connectivity index is 1.80. The van der Waals surface area contributed by atoms with E-state index in [-0.39, 0.29) is 30.3 Å². The number of pyridine rings is 1. The summed E-state index contributed by atoms with van der Waals surface area (Å²) in [6, 6.07) is 21.3. The van der Waals surface area contributed by atoms with Gasteiger partial charge in [0, 0.05) is 47.1 Å². The van der Waals surface area contributed by atoms with Gasteiger partial charge in [-0.15, -0.1) is 0 Å². The van der Waals surface area contributed by atoms with Crippen LogP contribution in [0, 0.1) is 0 Å². The van der Waals surface area contributed by atoms with E-state index in [1.54, 1.807) is 28.8 Å². The van der Waals surface area contributed by atoms with Crippen molar-refractivity contribution in [1.29, 1.82) is 0 Å². The van der Waals surface area contributed by atoms with E-state index in [1.165, 1.54) is 6.07 Å². The van der Waals surface area contributed by atoms with E-state index in [0.717, 1.165) is 43.4 Å². The summed E-state index contributed by atoms with van der Waals surface area (Å²) in [5.41, 5.74) is 6.94. The van der Waals surface area contributed by atoms with E-state index in [0.29, 0.717) is 28.5 Å². The lowest BCUT2D eigenvalue weighted by Crippen LogP contribution is -2.37. The van der Waals surface area contributed by atoms with Gasteiger partial charge in [0.1, 0.15) is 0 Å². The number of alkyl halides is 3. The molecule has 4 N–H and O–H groups in total. The van der Waals surface area contributed by atoms with Crippen LogP contribution in [0.2, 0.25) is 0 Å². The van der Waals surface area contributed by atoms with Crippen molar-refractivity contribution in [3.63, 3.8) is 0 Å². The second-order valence-electron chi connectivity index (χ2n) is 11.3. The lowest BCUT2D eigenvalue weighted by molar-refractivity contribution is -0.137. The molecule has 2 unspecified atom stereocenters. The Morgan fingerprint density at radius 1 is 0.909 bits per heavy atom. The molecule has 0 aliphatic rings. The van der Waals surface area contributed by atoms with E-state index < -0.39 is 29.7 Å². The standard InChI is InChI=1S/C35H40F3N3O3/c1-3-10-26(11-4-2)41-31(20-29-27(33(39)43)16-9-17-28(29)34(41)44)30(19-23-12-6-5-7-13-23)32(42)22-40-21-24-14-8-15-25(18-24)35(36,37)38/h5-9,12-18,20,26,30,32,40,42H,3-4,10-11,19,21-22H2,1-2H3,(H2,39,43). The number of aliphatic hydroxyl groups excluding tert-OH is 1. The van der Waals surface area contributed by atoms with Gasteiger partial charge in [0.25, 0.3) is 5.56 Å².